The van der Waals surface area contributed by atoms with Crippen molar-refractivity contribution in [3.8, 4) is 23.7 Å². The molecule has 2 atom stereocenters. The number of carbonyl (C=O) groups is 10. The van der Waals surface area contributed by atoms with Crippen LogP contribution >= 0.6 is 0 Å². The molecular formula is C77H102N8O21. The Kier molecular flexibility index (Phi) is 42.6. The number of benzene rings is 4. The highest BCUT2D eigenvalue weighted by Crippen LogP contribution is 2.28. The second-order valence-corrected chi connectivity index (χ2v) is 23.9. The minimum atomic E-state index is -1.18. The number of para-hydroxylation sites is 2. The molecule has 1 fully saturated rings. The Bertz CT molecular complexity index is 3540. The zero-order valence-electron chi connectivity index (χ0n) is 61.2. The molecule has 29 nitrogen and oxygen atoms in total. The molecule has 0 bridgehead atoms. The Hall–Kier alpha value is -9.98. The van der Waals surface area contributed by atoms with Crippen molar-refractivity contribution >= 4 is 71.1 Å². The number of rotatable bonds is 43. The van der Waals surface area contributed by atoms with Crippen molar-refractivity contribution in [2.45, 2.75) is 129 Å². The average molecular weight is 1480 g/mol. The van der Waals surface area contributed by atoms with E-state index < -0.39 is 54.2 Å². The molecule has 0 aliphatic carbocycles. The summed E-state index contributed by atoms with van der Waals surface area (Å²) in [7, 11) is 3.10. The standard InChI is InChI=1S/C37H49N3O9.C22H37N3O11.C18H16N2O/c1-3-21-46-24-26-48-36(43)38-20-9-8-14-32(39-37(44)49-27-25-47-23-22-45-2)34(41)16-10-17-35(42)40-28-31-13-5-4-11-29(31)18-19-30-12-6-7-15-33(30)40;1-3-10-32-13-15-34-21(29)23-9-5-4-6-17(20(28)36-25-18(26)7-8-19(25)27)24-22(30)35-16-14-33-12-11-31-2;19-12-11-18(21)20-13-16-7-2-1-5-14(16)9-10-15-6-3-4-8-17(15)20/h4-7,11-13,15,32H,3,8-10,14,16-17,20-28H2,1-2H3,(H,38,43)(H,39,44);17H,3-16H2,1-2H3,(H,23,29)(H,24,30);1-8H,11-13,19H2. The van der Waals surface area contributed by atoms with Gasteiger partial charge in [0, 0.05) is 101 Å². The number of unbranched alkanes of at least 4 members (excludes halogenated alkanes) is 2. The summed E-state index contributed by atoms with van der Waals surface area (Å²) in [6.07, 6.45) is 2.18. The highest BCUT2D eigenvalue weighted by Gasteiger charge is 2.36. The van der Waals surface area contributed by atoms with Gasteiger partial charge in [-0.3, -0.25) is 24.0 Å². The molecule has 2 unspecified atom stereocenters. The van der Waals surface area contributed by atoms with E-state index in [0.29, 0.717) is 129 Å². The lowest BCUT2D eigenvalue weighted by Crippen LogP contribution is -2.45. The van der Waals surface area contributed by atoms with E-state index >= 15 is 0 Å². The molecule has 3 aliphatic heterocycles. The maximum atomic E-state index is 13.6. The lowest BCUT2D eigenvalue weighted by Gasteiger charge is -2.26. The average Bonchev–Trinajstić information content (AvgIpc) is 0.918. The number of nitrogens with zero attached hydrogens (tertiary/aromatic N) is 3. The topological polar surface area (TPSA) is 356 Å². The predicted molar refractivity (Wildman–Crippen MR) is 390 cm³/mol. The van der Waals surface area contributed by atoms with E-state index in [1.807, 2.05) is 111 Å². The normalized spacial score (nSPS) is 12.8. The molecule has 0 saturated carbocycles. The summed E-state index contributed by atoms with van der Waals surface area (Å²) in [5, 5.41) is 10.7. The van der Waals surface area contributed by atoms with E-state index in [1.54, 1.807) is 16.9 Å². The van der Waals surface area contributed by atoms with Crippen molar-refractivity contribution in [2.75, 3.05) is 136 Å². The van der Waals surface area contributed by atoms with Crippen molar-refractivity contribution in [1.29, 1.82) is 0 Å². The summed E-state index contributed by atoms with van der Waals surface area (Å²) < 4.78 is 51.0. The quantitative estimate of drug-likeness (QED) is 0.0122. The molecule has 7 rings (SSSR count). The smallest absolute Gasteiger partial charge is 0.407 e. The molecule has 3 heterocycles. The van der Waals surface area contributed by atoms with E-state index in [1.165, 1.54) is 7.11 Å². The van der Waals surface area contributed by atoms with E-state index in [2.05, 4.69) is 44.9 Å². The van der Waals surface area contributed by atoms with Gasteiger partial charge in [0.2, 0.25) is 11.8 Å². The number of nitrogens with two attached hydrogens (primary N) is 1. The van der Waals surface area contributed by atoms with Crippen molar-refractivity contribution in [3.05, 3.63) is 130 Å². The molecule has 4 aromatic carbocycles. The van der Waals surface area contributed by atoms with Crippen molar-refractivity contribution in [2.24, 2.45) is 5.73 Å². The number of hydrogen-bond acceptors (Lipinski definition) is 22. The monoisotopic (exact) mass is 1470 g/mol. The summed E-state index contributed by atoms with van der Waals surface area (Å²) in [6.45, 7) is 9.82. The number of ketones is 1. The Morgan fingerprint density at radius 1 is 0.443 bits per heavy atom. The minimum absolute atomic E-state index is 0.0191. The molecule has 106 heavy (non-hydrogen) atoms. The Morgan fingerprint density at radius 3 is 1.28 bits per heavy atom. The van der Waals surface area contributed by atoms with Gasteiger partial charge in [-0.25, -0.2) is 24.0 Å². The third-order valence-corrected chi connectivity index (χ3v) is 15.7. The molecule has 1 saturated heterocycles. The van der Waals surface area contributed by atoms with Crippen molar-refractivity contribution in [1.82, 2.24) is 26.3 Å². The highest BCUT2D eigenvalue weighted by atomic mass is 16.7. The van der Waals surface area contributed by atoms with Gasteiger partial charge in [0.15, 0.2) is 5.78 Å². The number of imide groups is 1. The van der Waals surface area contributed by atoms with Gasteiger partial charge in [0.25, 0.3) is 11.8 Å². The van der Waals surface area contributed by atoms with Crippen LogP contribution in [0.1, 0.15) is 137 Å². The summed E-state index contributed by atoms with van der Waals surface area (Å²) >= 11 is 0. The van der Waals surface area contributed by atoms with Crippen LogP contribution < -0.4 is 36.8 Å². The number of alkyl carbamates (subject to hydrolysis) is 4. The van der Waals surface area contributed by atoms with Gasteiger partial charge in [0.05, 0.1) is 83.4 Å². The van der Waals surface area contributed by atoms with Crippen LogP contribution in [-0.2, 0) is 94.1 Å². The lowest BCUT2D eigenvalue weighted by atomic mass is 10.00. The van der Waals surface area contributed by atoms with Gasteiger partial charge in [-0.1, -0.05) is 98.2 Å². The zero-order valence-corrected chi connectivity index (χ0v) is 61.2. The van der Waals surface area contributed by atoms with Crippen LogP contribution in [-0.4, -0.2) is 203 Å². The van der Waals surface area contributed by atoms with Crippen LogP contribution in [0, 0.1) is 23.7 Å². The number of Topliss-reactive ketones (excluding diaryl/α,β-unsaturated/α-hetero) is 1. The maximum Gasteiger partial charge on any atom is 0.407 e. The first-order chi connectivity index (χ1) is 51.6. The number of ether oxygens (including phenoxy) is 10. The minimum Gasteiger partial charge on any atom is -0.447 e. The first kappa shape index (κ1) is 86.7. The van der Waals surface area contributed by atoms with E-state index in [0.717, 1.165) is 57.6 Å². The van der Waals surface area contributed by atoms with Crippen LogP contribution in [0.15, 0.2) is 97.1 Å². The first-order valence-electron chi connectivity index (χ1n) is 35.9. The van der Waals surface area contributed by atoms with Gasteiger partial charge >= 0.3 is 30.3 Å². The van der Waals surface area contributed by atoms with E-state index in [4.69, 9.17) is 57.9 Å². The second-order valence-electron chi connectivity index (χ2n) is 23.9. The number of nitrogens with one attached hydrogen (secondary N) is 4. The van der Waals surface area contributed by atoms with E-state index in [9.17, 15) is 47.9 Å². The molecule has 0 aromatic heterocycles. The number of hydroxylamine groups is 2. The predicted octanol–water partition coefficient (Wildman–Crippen LogP) is 7.71. The number of methoxy groups -OCH3 is 2. The first-order valence-corrected chi connectivity index (χ1v) is 35.9. The fourth-order valence-electron chi connectivity index (χ4n) is 10.3. The van der Waals surface area contributed by atoms with Crippen LogP contribution in [0.3, 0.4) is 0 Å². The summed E-state index contributed by atoms with van der Waals surface area (Å²) in [5.74, 6) is 10.2. The number of amides is 8. The van der Waals surface area contributed by atoms with Gasteiger partial charge < -0.3 is 89.0 Å². The SMILES string of the molecule is CCCOCCOC(=O)NCCCCC(NC(=O)OCCOCCOC)C(=O)CCCC(=O)N1Cc2ccccc2C#Cc2ccccc21.CCCOCCOC(=O)NCCCCC(NC(=O)OCCOCCOC)C(=O)ON1C(=O)CCC1=O.NCCC(=O)N1Cc2ccccc2C#Cc2ccccc21. The molecule has 0 spiro atoms. The van der Waals surface area contributed by atoms with Crippen LogP contribution in [0.25, 0.3) is 0 Å². The molecular weight excluding hydrogens is 1370 g/mol. The number of fused-ring (bicyclic) bond motifs is 4. The molecule has 0 radical (unpaired) electrons. The fraction of sp³-hybridized carbons (Fsp3) is 0.506. The maximum absolute atomic E-state index is 13.6. The third kappa shape index (κ3) is 33.4. The number of hydrogen-bond donors (Lipinski definition) is 5. The van der Waals surface area contributed by atoms with Crippen molar-refractivity contribution < 1.29 is 100 Å². The van der Waals surface area contributed by atoms with Gasteiger partial charge in [-0.05, 0) is 105 Å². The van der Waals surface area contributed by atoms with Crippen LogP contribution in [0.5, 0.6) is 0 Å². The molecule has 6 N–H and O–H groups in total. The van der Waals surface area contributed by atoms with Crippen LogP contribution in [0.4, 0.5) is 30.6 Å². The largest absolute Gasteiger partial charge is 0.447 e. The lowest BCUT2D eigenvalue weighted by molar-refractivity contribution is -0.199. The molecule has 8 amide bonds. The zero-order chi connectivity index (χ0) is 76.4. The Morgan fingerprint density at radius 2 is 0.830 bits per heavy atom. The molecule has 29 heteroatoms. The van der Waals surface area contributed by atoms with E-state index in [-0.39, 0.29) is 95.9 Å². The van der Waals surface area contributed by atoms with Gasteiger partial charge in [-0.15, -0.1) is 5.06 Å². The molecule has 3 aliphatic rings. The summed E-state index contributed by atoms with van der Waals surface area (Å²) in [6, 6.07) is 29.0. The number of carbonyl (C=O) groups excluding carboxylic acids is 10. The summed E-state index contributed by atoms with van der Waals surface area (Å²) in [4.78, 5) is 132. The summed E-state index contributed by atoms with van der Waals surface area (Å²) in [5.41, 5.74) is 12.6. The molecule has 4 aromatic rings. The molecule has 576 valence electrons. The third-order valence-electron chi connectivity index (χ3n) is 15.7. The fourth-order valence-corrected chi connectivity index (χ4v) is 10.3. The van der Waals surface area contributed by atoms with Gasteiger partial charge in [-0.2, -0.15) is 0 Å². The number of anilines is 2. The Labute approximate surface area is 620 Å². The second kappa shape index (κ2) is 52.1. The highest BCUT2D eigenvalue weighted by molar-refractivity contribution is 6.02. The Balaban J connectivity index is 0.000000308. The van der Waals surface area contributed by atoms with Gasteiger partial charge in [0.1, 0.15) is 32.5 Å². The van der Waals surface area contributed by atoms with Crippen LogP contribution in [0.2, 0.25) is 0 Å². The van der Waals surface area contributed by atoms with Crippen molar-refractivity contribution in [3.63, 3.8) is 0 Å².